The van der Waals surface area contributed by atoms with Crippen LogP contribution in [-0.2, 0) is 11.2 Å². The summed E-state index contributed by atoms with van der Waals surface area (Å²) < 4.78 is 10.7. The van der Waals surface area contributed by atoms with Crippen LogP contribution >= 0.6 is 0 Å². The number of amides is 1. The lowest BCUT2D eigenvalue weighted by molar-refractivity contribution is -0.120. The van der Waals surface area contributed by atoms with E-state index in [0.717, 1.165) is 11.1 Å². The van der Waals surface area contributed by atoms with Crippen LogP contribution in [-0.4, -0.2) is 24.7 Å². The Morgan fingerprint density at radius 3 is 2.23 bits per heavy atom. The van der Waals surface area contributed by atoms with Gasteiger partial charge in [0.2, 0.25) is 5.91 Å². The summed E-state index contributed by atoms with van der Waals surface area (Å²) in [4.78, 5) is 24.1. The van der Waals surface area contributed by atoms with Crippen LogP contribution in [0.3, 0.4) is 0 Å². The average molecular weight is 402 g/mol. The number of rotatable bonds is 8. The lowest BCUT2D eigenvalue weighted by Crippen LogP contribution is -2.19. The summed E-state index contributed by atoms with van der Waals surface area (Å²) in [5, 5.41) is 3.96. The normalized spacial score (nSPS) is 10.6. The molecular weight excluding hydrogens is 380 g/mol. The van der Waals surface area contributed by atoms with Gasteiger partial charge in [-0.15, -0.1) is 0 Å². The van der Waals surface area contributed by atoms with Crippen molar-refractivity contribution in [2.24, 2.45) is 5.10 Å². The second kappa shape index (κ2) is 10.6. The highest BCUT2D eigenvalue weighted by Gasteiger charge is 2.08. The minimum absolute atomic E-state index is 0.196. The molecule has 0 saturated heterocycles. The number of hydrogen-bond donors (Lipinski definition) is 1. The van der Waals surface area contributed by atoms with Crippen molar-refractivity contribution in [1.82, 2.24) is 5.43 Å². The van der Waals surface area contributed by atoms with Gasteiger partial charge in [-0.25, -0.2) is 10.2 Å². The standard InChI is InChI=1S/C24H22N2O4/c1-2-29-21-14-10-20(11-15-21)24(28)30-22-12-8-19(9-13-22)17-25-26-23(27)16-18-6-4-3-5-7-18/h3-15,17H,2,16H2,1H3,(H,26,27)/b25-17+. The Labute approximate surface area is 175 Å². The fourth-order valence-electron chi connectivity index (χ4n) is 2.64. The average Bonchev–Trinajstić information content (AvgIpc) is 2.76. The molecule has 6 nitrogen and oxygen atoms in total. The Balaban J connectivity index is 1.50. The minimum Gasteiger partial charge on any atom is -0.494 e. The monoisotopic (exact) mass is 402 g/mol. The molecule has 3 rings (SSSR count). The Morgan fingerprint density at radius 2 is 1.57 bits per heavy atom. The molecule has 0 heterocycles. The van der Waals surface area contributed by atoms with Crippen molar-refractivity contribution < 1.29 is 19.1 Å². The van der Waals surface area contributed by atoms with Crippen molar-refractivity contribution in [1.29, 1.82) is 0 Å². The minimum atomic E-state index is -0.451. The Hall–Kier alpha value is -3.93. The van der Waals surface area contributed by atoms with Crippen molar-refractivity contribution >= 4 is 18.1 Å². The van der Waals surface area contributed by atoms with E-state index in [0.29, 0.717) is 23.7 Å². The number of nitrogens with zero attached hydrogens (tertiary/aromatic N) is 1. The van der Waals surface area contributed by atoms with E-state index in [1.165, 1.54) is 6.21 Å². The summed E-state index contributed by atoms with van der Waals surface area (Å²) in [7, 11) is 0. The van der Waals surface area contributed by atoms with Gasteiger partial charge in [0.05, 0.1) is 24.8 Å². The third kappa shape index (κ3) is 6.31. The summed E-state index contributed by atoms with van der Waals surface area (Å²) >= 11 is 0. The molecule has 0 aliphatic rings. The van der Waals surface area contributed by atoms with Crippen LogP contribution in [0.4, 0.5) is 0 Å². The number of benzene rings is 3. The molecule has 6 heteroatoms. The first-order valence-electron chi connectivity index (χ1n) is 9.55. The third-order valence-electron chi connectivity index (χ3n) is 4.10. The topological polar surface area (TPSA) is 77.0 Å². The Bertz CT molecular complexity index is 998. The maximum Gasteiger partial charge on any atom is 0.343 e. The molecule has 152 valence electrons. The smallest absolute Gasteiger partial charge is 0.343 e. The number of hydrogen-bond acceptors (Lipinski definition) is 5. The Morgan fingerprint density at radius 1 is 0.900 bits per heavy atom. The van der Waals surface area contributed by atoms with Gasteiger partial charge in [-0.05, 0) is 66.6 Å². The third-order valence-corrected chi connectivity index (χ3v) is 4.10. The van der Waals surface area contributed by atoms with Crippen molar-refractivity contribution in [2.75, 3.05) is 6.61 Å². The zero-order valence-electron chi connectivity index (χ0n) is 16.6. The SMILES string of the molecule is CCOc1ccc(C(=O)Oc2ccc(/C=N/NC(=O)Cc3ccccc3)cc2)cc1. The first-order valence-corrected chi connectivity index (χ1v) is 9.55. The molecule has 0 spiro atoms. The van der Waals surface area contributed by atoms with Gasteiger partial charge in [-0.3, -0.25) is 4.79 Å². The molecule has 0 aliphatic heterocycles. The van der Waals surface area contributed by atoms with Crippen LogP contribution in [0.2, 0.25) is 0 Å². The highest BCUT2D eigenvalue weighted by molar-refractivity contribution is 5.91. The molecule has 0 radical (unpaired) electrons. The van der Waals surface area contributed by atoms with Crippen molar-refractivity contribution in [3.63, 3.8) is 0 Å². The van der Waals surface area contributed by atoms with Gasteiger partial charge >= 0.3 is 5.97 Å². The number of hydrazone groups is 1. The van der Waals surface area contributed by atoms with Crippen LogP contribution in [0.1, 0.15) is 28.4 Å². The molecule has 1 N–H and O–H groups in total. The van der Waals surface area contributed by atoms with Crippen LogP contribution in [0, 0.1) is 0 Å². The van der Waals surface area contributed by atoms with E-state index < -0.39 is 5.97 Å². The van der Waals surface area contributed by atoms with Crippen LogP contribution in [0.5, 0.6) is 11.5 Å². The van der Waals surface area contributed by atoms with Gasteiger partial charge in [0, 0.05) is 0 Å². The fraction of sp³-hybridized carbons (Fsp3) is 0.125. The van der Waals surface area contributed by atoms with Gasteiger partial charge in [0.25, 0.3) is 0 Å². The van der Waals surface area contributed by atoms with Crippen molar-refractivity contribution in [2.45, 2.75) is 13.3 Å². The summed E-state index contributed by atoms with van der Waals surface area (Å²) in [6.45, 7) is 2.46. The predicted molar refractivity (Wildman–Crippen MR) is 115 cm³/mol. The van der Waals surface area contributed by atoms with E-state index in [-0.39, 0.29) is 12.3 Å². The van der Waals surface area contributed by atoms with Gasteiger partial charge in [0.15, 0.2) is 0 Å². The van der Waals surface area contributed by atoms with Gasteiger partial charge < -0.3 is 9.47 Å². The highest BCUT2D eigenvalue weighted by atomic mass is 16.5. The van der Waals surface area contributed by atoms with Gasteiger partial charge in [-0.2, -0.15) is 5.10 Å². The van der Waals surface area contributed by atoms with E-state index in [1.807, 2.05) is 37.3 Å². The zero-order valence-corrected chi connectivity index (χ0v) is 16.6. The molecule has 0 saturated carbocycles. The molecule has 0 unspecified atom stereocenters. The number of carbonyl (C=O) groups excluding carboxylic acids is 2. The van der Waals surface area contributed by atoms with Gasteiger partial charge in [0.1, 0.15) is 11.5 Å². The summed E-state index contributed by atoms with van der Waals surface area (Å²) in [5.41, 5.74) is 4.61. The highest BCUT2D eigenvalue weighted by Crippen LogP contribution is 2.16. The molecule has 1 amide bonds. The summed E-state index contributed by atoms with van der Waals surface area (Å²) in [6, 6.07) is 23.0. The molecule has 3 aromatic rings. The van der Waals surface area contributed by atoms with Crippen LogP contribution in [0.25, 0.3) is 0 Å². The molecule has 0 aromatic heterocycles. The lowest BCUT2D eigenvalue weighted by atomic mass is 10.1. The van der Waals surface area contributed by atoms with Crippen molar-refractivity contribution in [3.8, 4) is 11.5 Å². The molecule has 0 fully saturated rings. The second-order valence-corrected chi connectivity index (χ2v) is 6.37. The molecule has 3 aromatic carbocycles. The number of nitrogens with one attached hydrogen (secondary N) is 1. The first-order chi connectivity index (χ1) is 14.6. The summed E-state index contributed by atoms with van der Waals surface area (Å²) in [6.07, 6.45) is 1.79. The largest absolute Gasteiger partial charge is 0.494 e. The molecule has 0 aliphatic carbocycles. The van der Waals surface area contributed by atoms with E-state index in [4.69, 9.17) is 9.47 Å². The van der Waals surface area contributed by atoms with E-state index in [2.05, 4.69) is 10.5 Å². The van der Waals surface area contributed by atoms with E-state index >= 15 is 0 Å². The van der Waals surface area contributed by atoms with E-state index in [1.54, 1.807) is 48.5 Å². The second-order valence-electron chi connectivity index (χ2n) is 6.37. The van der Waals surface area contributed by atoms with E-state index in [9.17, 15) is 9.59 Å². The van der Waals surface area contributed by atoms with Crippen molar-refractivity contribution in [3.05, 3.63) is 95.6 Å². The predicted octanol–water partition coefficient (Wildman–Crippen LogP) is 4.00. The van der Waals surface area contributed by atoms with Gasteiger partial charge in [-0.1, -0.05) is 30.3 Å². The quantitative estimate of drug-likeness (QED) is 0.267. The number of ether oxygens (including phenoxy) is 2. The maximum absolute atomic E-state index is 12.2. The summed E-state index contributed by atoms with van der Waals surface area (Å²) in [5.74, 6) is 0.471. The zero-order chi connectivity index (χ0) is 21.2. The number of esters is 1. The molecule has 30 heavy (non-hydrogen) atoms. The lowest BCUT2D eigenvalue weighted by Gasteiger charge is -2.06. The molecule has 0 bridgehead atoms. The maximum atomic E-state index is 12.2. The fourth-order valence-corrected chi connectivity index (χ4v) is 2.64. The Kier molecular flexibility index (Phi) is 7.33. The first kappa shape index (κ1) is 20.8. The molecule has 0 atom stereocenters. The number of carbonyl (C=O) groups is 2. The molecular formula is C24H22N2O4. The van der Waals surface area contributed by atoms with Crippen LogP contribution < -0.4 is 14.9 Å². The van der Waals surface area contributed by atoms with Crippen LogP contribution in [0.15, 0.2) is 84.0 Å².